The molecule has 0 bridgehead atoms. The smallest absolute Gasteiger partial charge is 0.252 e. The molecule has 2 aromatic rings. The zero-order valence-electron chi connectivity index (χ0n) is 26.8. The number of nitrogens with one attached hydrogen (secondary N) is 1. The third kappa shape index (κ3) is 5.94. The largest absolute Gasteiger partial charge is 0.416 e. The van der Waals surface area contributed by atoms with Gasteiger partial charge in [0.2, 0.25) is 0 Å². The average Bonchev–Trinajstić information content (AvgIpc) is 3.83. The van der Waals surface area contributed by atoms with E-state index in [1.165, 1.54) is 0 Å². The predicted molar refractivity (Wildman–Crippen MR) is 167 cm³/mol. The van der Waals surface area contributed by atoms with Gasteiger partial charge in [-0.15, -0.1) is 0 Å². The number of aliphatic hydroxyl groups excluding tert-OH is 2. The lowest BCUT2D eigenvalue weighted by atomic mass is 9.80. The molecule has 1 atom stereocenters. The van der Waals surface area contributed by atoms with E-state index < -0.39 is 19.8 Å². The number of rotatable bonds is 11. The van der Waals surface area contributed by atoms with Crippen molar-refractivity contribution < 1.29 is 19.4 Å². The van der Waals surface area contributed by atoms with E-state index in [1.807, 2.05) is 20.8 Å². The van der Waals surface area contributed by atoms with Crippen LogP contribution in [-0.4, -0.2) is 42.5 Å². The Morgan fingerprint density at radius 2 is 1.76 bits per heavy atom. The first-order chi connectivity index (χ1) is 19.4. The van der Waals surface area contributed by atoms with E-state index in [9.17, 15) is 25.1 Å². The number of ketones is 1. The van der Waals surface area contributed by atoms with Gasteiger partial charge in [0.05, 0.1) is 17.7 Å². The van der Waals surface area contributed by atoms with Crippen LogP contribution in [0.5, 0.6) is 0 Å². The molecule has 0 aliphatic heterocycles. The number of aromatic nitrogens is 1. The summed E-state index contributed by atoms with van der Waals surface area (Å²) in [6.07, 6.45) is 2.60. The van der Waals surface area contributed by atoms with Crippen LogP contribution in [0, 0.1) is 36.0 Å². The molecule has 0 radical (unpaired) electrons. The Bertz CT molecular complexity index is 1480. The molecule has 2 aliphatic rings. The Morgan fingerprint density at radius 3 is 2.24 bits per heavy atom. The molecule has 0 amide bonds. The van der Waals surface area contributed by atoms with Gasteiger partial charge in [-0.1, -0.05) is 34.6 Å². The van der Waals surface area contributed by atoms with Crippen molar-refractivity contribution in [1.29, 1.82) is 5.26 Å². The molecule has 0 saturated heterocycles. The SMILES string of the molecule is Cc1cc(C#N)c(C(O)C2(CO[Si](C)(C)C(C)(C)C)CC2)c(C(=O)c2c(CC3(CO)CC3)c(C)[nH]c(=O)c2C(C)C)c1. The number of aryl methyl sites for hydroxylation is 2. The number of carbonyl (C=O) groups is 1. The van der Waals surface area contributed by atoms with Crippen molar-refractivity contribution in [2.75, 3.05) is 13.2 Å². The van der Waals surface area contributed by atoms with Crippen LogP contribution in [0.15, 0.2) is 16.9 Å². The summed E-state index contributed by atoms with van der Waals surface area (Å²) < 4.78 is 6.56. The van der Waals surface area contributed by atoms with Crippen molar-refractivity contribution >= 4 is 14.1 Å². The van der Waals surface area contributed by atoms with Crippen LogP contribution in [0.25, 0.3) is 0 Å². The molecule has 228 valence electrons. The minimum Gasteiger partial charge on any atom is -0.416 e. The summed E-state index contributed by atoms with van der Waals surface area (Å²) in [5.74, 6) is -0.593. The molecule has 7 nitrogen and oxygen atoms in total. The highest BCUT2D eigenvalue weighted by atomic mass is 28.4. The van der Waals surface area contributed by atoms with Gasteiger partial charge in [0.25, 0.3) is 5.56 Å². The number of carbonyl (C=O) groups excluding carboxylic acids is 1. The molecule has 8 heteroatoms. The monoisotopic (exact) mass is 592 g/mol. The highest BCUT2D eigenvalue weighted by Crippen LogP contribution is 2.57. The summed E-state index contributed by atoms with van der Waals surface area (Å²) >= 11 is 0. The molecule has 3 N–H and O–H groups in total. The van der Waals surface area contributed by atoms with E-state index in [0.29, 0.717) is 35.4 Å². The Morgan fingerprint density at radius 1 is 1.14 bits per heavy atom. The van der Waals surface area contributed by atoms with Gasteiger partial charge in [0, 0.05) is 46.6 Å². The first-order valence-electron chi connectivity index (χ1n) is 15.2. The number of nitrogens with zero attached hydrogens (tertiary/aromatic N) is 1. The van der Waals surface area contributed by atoms with Crippen LogP contribution in [0.1, 0.15) is 122 Å². The summed E-state index contributed by atoms with van der Waals surface area (Å²) in [5, 5.41) is 32.4. The van der Waals surface area contributed by atoms with Crippen LogP contribution >= 0.6 is 0 Å². The highest BCUT2D eigenvalue weighted by Gasteiger charge is 2.53. The van der Waals surface area contributed by atoms with Crippen LogP contribution in [0.3, 0.4) is 0 Å². The number of pyridine rings is 1. The maximum atomic E-state index is 14.8. The summed E-state index contributed by atoms with van der Waals surface area (Å²) in [6, 6.07) is 5.71. The maximum Gasteiger partial charge on any atom is 0.252 e. The van der Waals surface area contributed by atoms with Gasteiger partial charge in [-0.25, -0.2) is 0 Å². The lowest BCUT2D eigenvalue weighted by molar-refractivity contribution is 0.0524. The fourth-order valence-corrected chi connectivity index (χ4v) is 6.84. The number of H-pyrrole nitrogens is 1. The molecule has 1 unspecified atom stereocenters. The zero-order valence-corrected chi connectivity index (χ0v) is 27.8. The number of benzene rings is 1. The van der Waals surface area contributed by atoms with Gasteiger partial charge >= 0.3 is 0 Å². The third-order valence-corrected chi connectivity index (χ3v) is 14.7. The van der Waals surface area contributed by atoms with Crippen LogP contribution in [-0.2, 0) is 10.8 Å². The molecule has 1 aromatic heterocycles. The van der Waals surface area contributed by atoms with E-state index in [0.717, 1.165) is 36.8 Å². The van der Waals surface area contributed by atoms with Crippen molar-refractivity contribution in [3.8, 4) is 6.07 Å². The van der Waals surface area contributed by atoms with Crippen molar-refractivity contribution in [2.24, 2.45) is 10.8 Å². The highest BCUT2D eigenvalue weighted by molar-refractivity contribution is 6.74. The second kappa shape index (κ2) is 11.2. The second-order valence-electron chi connectivity index (χ2n) is 14.9. The molecular weight excluding hydrogens is 544 g/mol. The zero-order chi connectivity index (χ0) is 31.4. The number of hydrogen-bond acceptors (Lipinski definition) is 6. The summed E-state index contributed by atoms with van der Waals surface area (Å²) in [5.41, 5.74) is 2.51. The number of aliphatic hydroxyl groups is 2. The van der Waals surface area contributed by atoms with Gasteiger partial charge in [0.15, 0.2) is 14.1 Å². The van der Waals surface area contributed by atoms with Crippen molar-refractivity contribution in [2.45, 2.75) is 111 Å². The van der Waals surface area contributed by atoms with Crippen molar-refractivity contribution in [1.82, 2.24) is 4.98 Å². The predicted octanol–water partition coefficient (Wildman–Crippen LogP) is 6.37. The normalized spacial score (nSPS) is 18.1. The lowest BCUT2D eigenvalue weighted by Crippen LogP contribution is -2.43. The fourth-order valence-electron chi connectivity index (χ4n) is 5.76. The Balaban J connectivity index is 1.88. The first kappa shape index (κ1) is 32.3. The topological polar surface area (TPSA) is 123 Å². The fraction of sp³-hybridized carbons (Fsp3) is 0.618. The summed E-state index contributed by atoms with van der Waals surface area (Å²) in [4.78, 5) is 31.0. The van der Waals surface area contributed by atoms with E-state index in [1.54, 1.807) is 19.1 Å². The molecule has 0 spiro atoms. The molecule has 42 heavy (non-hydrogen) atoms. The van der Waals surface area contributed by atoms with E-state index >= 15 is 0 Å². The Labute approximate surface area is 251 Å². The van der Waals surface area contributed by atoms with Gasteiger partial charge < -0.3 is 19.6 Å². The third-order valence-electron chi connectivity index (χ3n) is 10.2. The van der Waals surface area contributed by atoms with E-state index in [4.69, 9.17) is 4.43 Å². The Kier molecular flexibility index (Phi) is 8.60. The molecule has 4 rings (SSSR count). The van der Waals surface area contributed by atoms with Gasteiger partial charge in [-0.05, 0) is 98.7 Å². The summed E-state index contributed by atoms with van der Waals surface area (Å²) in [6.45, 7) is 18.7. The molecule has 1 heterocycles. The second-order valence-corrected chi connectivity index (χ2v) is 19.7. The molecule has 1 aromatic carbocycles. The lowest BCUT2D eigenvalue weighted by Gasteiger charge is -2.38. The van der Waals surface area contributed by atoms with E-state index in [2.05, 4.69) is 44.9 Å². The van der Waals surface area contributed by atoms with Gasteiger partial charge in [-0.3, -0.25) is 9.59 Å². The first-order valence-corrected chi connectivity index (χ1v) is 18.1. The standard InChI is InChI=1S/C34H48N2O5Si/c1-20(2)26-28(25(22(4)36-31(26)40)16-33(18-37)10-11-33)29(38)24-15-21(3)14-23(17-35)27(24)30(39)34(12-13-34)19-41-42(8,9)32(5,6)7/h14-15,20,30,37,39H,10-13,16,18-19H2,1-9H3,(H,36,40). The van der Waals surface area contributed by atoms with Gasteiger partial charge in [0.1, 0.15) is 0 Å². The number of nitriles is 1. The number of hydrogen-bond donors (Lipinski definition) is 3. The molecule has 2 saturated carbocycles. The van der Waals surface area contributed by atoms with Crippen LogP contribution < -0.4 is 5.56 Å². The van der Waals surface area contributed by atoms with Gasteiger partial charge in [-0.2, -0.15) is 5.26 Å². The minimum absolute atomic E-state index is 0.00614. The summed E-state index contributed by atoms with van der Waals surface area (Å²) in [7, 11) is -2.10. The van der Waals surface area contributed by atoms with Crippen LogP contribution in [0.2, 0.25) is 18.1 Å². The van der Waals surface area contributed by atoms with Crippen LogP contribution in [0.4, 0.5) is 0 Å². The number of aromatic amines is 1. The van der Waals surface area contributed by atoms with E-state index in [-0.39, 0.29) is 45.4 Å². The van der Waals surface area contributed by atoms with Crippen molar-refractivity contribution in [3.63, 3.8) is 0 Å². The molecular formula is C34H48N2O5Si. The minimum atomic E-state index is -2.10. The maximum absolute atomic E-state index is 14.8. The molecule has 2 aliphatic carbocycles. The quantitative estimate of drug-likeness (QED) is 0.206. The average molecular weight is 593 g/mol. The van der Waals surface area contributed by atoms with Crippen molar-refractivity contribution in [3.05, 3.63) is 67.1 Å². The Hall–Kier alpha value is -2.57. The molecule has 2 fully saturated rings.